The van der Waals surface area contributed by atoms with Crippen molar-refractivity contribution in [1.82, 2.24) is 9.88 Å². The molecule has 0 bridgehead atoms. The average Bonchev–Trinajstić information content (AvgIpc) is 2.34. The highest BCUT2D eigenvalue weighted by atomic mass is 32.1. The van der Waals surface area contributed by atoms with E-state index in [-0.39, 0.29) is 0 Å². The molecule has 0 atom stereocenters. The van der Waals surface area contributed by atoms with Crippen LogP contribution in [0.25, 0.3) is 0 Å². The molecular weight excluding hydrogens is 256 g/mol. The van der Waals surface area contributed by atoms with Gasteiger partial charge < -0.3 is 11.1 Å². The Balaban J connectivity index is 2.53. The second kappa shape index (κ2) is 7.40. The van der Waals surface area contributed by atoms with E-state index in [0.717, 1.165) is 24.5 Å². The molecule has 0 aliphatic rings. The average molecular weight is 280 g/mol. The molecule has 1 rings (SSSR count). The van der Waals surface area contributed by atoms with Gasteiger partial charge >= 0.3 is 0 Å². The number of nitrogens with zero attached hydrogens (tertiary/aromatic N) is 2. The Morgan fingerprint density at radius 1 is 1.37 bits per heavy atom. The first-order valence-corrected chi connectivity index (χ1v) is 7.08. The summed E-state index contributed by atoms with van der Waals surface area (Å²) in [6.45, 7) is 10.7. The molecule has 0 saturated carbocycles. The predicted molar refractivity (Wildman–Crippen MR) is 85.6 cm³/mol. The Kier molecular flexibility index (Phi) is 6.18. The first-order chi connectivity index (χ1) is 8.91. The van der Waals surface area contributed by atoms with Crippen molar-refractivity contribution in [2.45, 2.75) is 39.8 Å². The number of nitrogens with two attached hydrogens (primary N) is 1. The molecule has 3 N–H and O–H groups in total. The maximum atomic E-state index is 5.61. The van der Waals surface area contributed by atoms with Gasteiger partial charge in [0.15, 0.2) is 0 Å². The quantitative estimate of drug-likeness (QED) is 0.750. The number of pyridine rings is 1. The van der Waals surface area contributed by atoms with Gasteiger partial charge in [-0.2, -0.15) is 0 Å². The Bertz CT molecular complexity index is 410. The SMILES string of the molecule is CC(C)N(CCNc1cc(C(N)=S)ccn1)C(C)C. The van der Waals surface area contributed by atoms with E-state index in [4.69, 9.17) is 18.0 Å². The molecule has 4 nitrogen and oxygen atoms in total. The summed E-state index contributed by atoms with van der Waals surface area (Å²) in [7, 11) is 0. The molecule has 0 aliphatic heterocycles. The van der Waals surface area contributed by atoms with Gasteiger partial charge in [0.1, 0.15) is 10.8 Å². The van der Waals surface area contributed by atoms with Gasteiger partial charge in [-0.3, -0.25) is 4.90 Å². The molecule has 0 fully saturated rings. The van der Waals surface area contributed by atoms with Crippen LogP contribution in [0, 0.1) is 0 Å². The second-order valence-corrected chi connectivity index (χ2v) is 5.59. The molecule has 0 radical (unpaired) electrons. The van der Waals surface area contributed by atoms with Gasteiger partial charge in [-0.25, -0.2) is 4.98 Å². The lowest BCUT2D eigenvalue weighted by Crippen LogP contribution is -2.40. The monoisotopic (exact) mass is 280 g/mol. The fraction of sp³-hybridized carbons (Fsp3) is 0.571. The lowest BCUT2D eigenvalue weighted by Gasteiger charge is -2.30. The van der Waals surface area contributed by atoms with E-state index in [9.17, 15) is 0 Å². The third-order valence-electron chi connectivity index (χ3n) is 3.05. The van der Waals surface area contributed by atoms with E-state index in [0.29, 0.717) is 17.1 Å². The summed E-state index contributed by atoms with van der Waals surface area (Å²) >= 11 is 4.96. The van der Waals surface area contributed by atoms with Gasteiger partial charge in [0, 0.05) is 36.9 Å². The molecule has 0 unspecified atom stereocenters. The summed E-state index contributed by atoms with van der Waals surface area (Å²) in [6, 6.07) is 4.79. The molecule has 0 spiro atoms. The molecule has 0 amide bonds. The molecule has 0 aliphatic carbocycles. The Morgan fingerprint density at radius 2 is 2.00 bits per heavy atom. The number of hydrogen-bond donors (Lipinski definition) is 2. The van der Waals surface area contributed by atoms with Crippen molar-refractivity contribution < 1.29 is 0 Å². The fourth-order valence-electron chi connectivity index (χ4n) is 2.11. The Labute approximate surface area is 121 Å². The van der Waals surface area contributed by atoms with Gasteiger partial charge in [0.2, 0.25) is 0 Å². The topological polar surface area (TPSA) is 54.2 Å². The van der Waals surface area contributed by atoms with Crippen LogP contribution in [0.4, 0.5) is 5.82 Å². The smallest absolute Gasteiger partial charge is 0.126 e. The summed E-state index contributed by atoms with van der Waals surface area (Å²) in [5.41, 5.74) is 6.45. The predicted octanol–water partition coefficient (Wildman–Crippen LogP) is 2.25. The summed E-state index contributed by atoms with van der Waals surface area (Å²) in [5.74, 6) is 0.817. The van der Waals surface area contributed by atoms with Crippen LogP contribution in [0.2, 0.25) is 0 Å². The number of rotatable bonds is 7. The van der Waals surface area contributed by atoms with E-state index in [2.05, 4.69) is 42.9 Å². The Hall–Kier alpha value is -1.20. The van der Waals surface area contributed by atoms with Crippen LogP contribution in [-0.2, 0) is 0 Å². The first-order valence-electron chi connectivity index (χ1n) is 6.67. The summed E-state index contributed by atoms with van der Waals surface area (Å²) < 4.78 is 0. The van der Waals surface area contributed by atoms with Crippen molar-refractivity contribution in [2.75, 3.05) is 18.4 Å². The van der Waals surface area contributed by atoms with Crippen molar-refractivity contribution in [3.63, 3.8) is 0 Å². The van der Waals surface area contributed by atoms with E-state index in [1.54, 1.807) is 6.20 Å². The minimum Gasteiger partial charge on any atom is -0.389 e. The number of aromatic nitrogens is 1. The number of nitrogens with one attached hydrogen (secondary N) is 1. The number of hydrogen-bond acceptors (Lipinski definition) is 4. The van der Waals surface area contributed by atoms with Crippen molar-refractivity contribution in [3.05, 3.63) is 23.9 Å². The van der Waals surface area contributed by atoms with Crippen molar-refractivity contribution in [1.29, 1.82) is 0 Å². The fourth-order valence-corrected chi connectivity index (χ4v) is 2.23. The van der Waals surface area contributed by atoms with Crippen LogP contribution in [0.1, 0.15) is 33.3 Å². The maximum Gasteiger partial charge on any atom is 0.126 e. The van der Waals surface area contributed by atoms with Gasteiger partial charge in [-0.05, 0) is 39.8 Å². The van der Waals surface area contributed by atoms with Crippen LogP contribution in [-0.4, -0.2) is 40.0 Å². The highest BCUT2D eigenvalue weighted by Crippen LogP contribution is 2.08. The second-order valence-electron chi connectivity index (χ2n) is 5.15. The lowest BCUT2D eigenvalue weighted by molar-refractivity contribution is 0.182. The highest BCUT2D eigenvalue weighted by molar-refractivity contribution is 7.80. The van der Waals surface area contributed by atoms with E-state index < -0.39 is 0 Å². The zero-order valence-electron chi connectivity index (χ0n) is 12.2. The van der Waals surface area contributed by atoms with Gasteiger partial charge in [-0.1, -0.05) is 12.2 Å². The molecular formula is C14H24N4S. The molecule has 1 aromatic rings. The van der Waals surface area contributed by atoms with Crippen molar-refractivity contribution in [2.24, 2.45) is 5.73 Å². The minimum absolute atomic E-state index is 0.399. The van der Waals surface area contributed by atoms with Crippen LogP contribution >= 0.6 is 12.2 Å². The van der Waals surface area contributed by atoms with E-state index in [1.165, 1.54) is 0 Å². The summed E-state index contributed by atoms with van der Waals surface area (Å²) in [6.07, 6.45) is 1.72. The van der Waals surface area contributed by atoms with E-state index in [1.807, 2.05) is 12.1 Å². The van der Waals surface area contributed by atoms with Crippen molar-refractivity contribution in [3.8, 4) is 0 Å². The minimum atomic E-state index is 0.399. The summed E-state index contributed by atoms with van der Waals surface area (Å²) in [4.78, 5) is 7.10. The van der Waals surface area contributed by atoms with Gasteiger partial charge in [-0.15, -0.1) is 0 Å². The summed E-state index contributed by atoms with van der Waals surface area (Å²) in [5, 5.41) is 3.31. The molecule has 19 heavy (non-hydrogen) atoms. The van der Waals surface area contributed by atoms with Gasteiger partial charge in [0.05, 0.1) is 0 Å². The van der Waals surface area contributed by atoms with Crippen LogP contribution < -0.4 is 11.1 Å². The maximum absolute atomic E-state index is 5.61. The molecule has 1 heterocycles. The largest absolute Gasteiger partial charge is 0.389 e. The Morgan fingerprint density at radius 3 is 2.53 bits per heavy atom. The van der Waals surface area contributed by atoms with Gasteiger partial charge in [0.25, 0.3) is 0 Å². The lowest BCUT2D eigenvalue weighted by atomic mass is 10.2. The highest BCUT2D eigenvalue weighted by Gasteiger charge is 2.12. The molecule has 0 aromatic carbocycles. The van der Waals surface area contributed by atoms with Crippen molar-refractivity contribution >= 4 is 23.0 Å². The molecule has 5 heteroatoms. The zero-order valence-corrected chi connectivity index (χ0v) is 13.0. The molecule has 1 aromatic heterocycles. The number of anilines is 1. The normalized spacial score (nSPS) is 11.3. The third-order valence-corrected chi connectivity index (χ3v) is 3.28. The van der Waals surface area contributed by atoms with Crippen LogP contribution in [0.5, 0.6) is 0 Å². The number of thiocarbonyl (C=S) groups is 1. The van der Waals surface area contributed by atoms with Crippen LogP contribution in [0.15, 0.2) is 18.3 Å². The molecule has 106 valence electrons. The van der Waals surface area contributed by atoms with Crippen LogP contribution in [0.3, 0.4) is 0 Å². The third kappa shape index (κ3) is 5.12. The first kappa shape index (κ1) is 15.9. The zero-order chi connectivity index (χ0) is 14.4. The molecule has 0 saturated heterocycles. The van der Waals surface area contributed by atoms with E-state index >= 15 is 0 Å². The standard InChI is InChI=1S/C14H24N4S/c1-10(2)18(11(3)4)8-7-17-13-9-12(14(15)19)5-6-16-13/h5-6,9-11H,7-8H2,1-4H3,(H2,15,19)(H,16,17).